The first kappa shape index (κ1) is 36.5. The molecule has 1 aromatic heterocycles. The first-order valence-electron chi connectivity index (χ1n) is 15.5. The Morgan fingerprint density at radius 1 is 0.902 bits per heavy atom. The van der Waals surface area contributed by atoms with E-state index in [0.717, 1.165) is 11.1 Å². The topological polar surface area (TPSA) is 185 Å². The highest BCUT2D eigenvalue weighted by molar-refractivity contribution is 6.36. The van der Waals surface area contributed by atoms with Gasteiger partial charge in [-0.1, -0.05) is 54.1 Å². The van der Waals surface area contributed by atoms with Gasteiger partial charge < -0.3 is 31.1 Å². The van der Waals surface area contributed by atoms with Crippen molar-refractivity contribution in [2.45, 2.75) is 50.0 Å². The fourth-order valence-corrected chi connectivity index (χ4v) is 5.00. The molecule has 1 atom stereocenters. The average molecular weight is 726 g/mol. The molecule has 0 spiro atoms. The number of nitrogens with one attached hydrogen (secondary N) is 4. The van der Waals surface area contributed by atoms with Gasteiger partial charge in [-0.15, -0.1) is 0 Å². The van der Waals surface area contributed by atoms with E-state index in [-0.39, 0.29) is 30.4 Å². The van der Waals surface area contributed by atoms with Crippen LogP contribution in [0.1, 0.15) is 47.2 Å². The molecule has 1 aliphatic carbocycles. The van der Waals surface area contributed by atoms with Gasteiger partial charge in [-0.05, 0) is 66.8 Å². The molecule has 266 valence electrons. The van der Waals surface area contributed by atoms with Crippen molar-refractivity contribution in [3.8, 4) is 6.01 Å². The molecule has 1 saturated carbocycles. The van der Waals surface area contributed by atoms with Crippen molar-refractivity contribution in [3.05, 3.63) is 101 Å². The van der Waals surface area contributed by atoms with Gasteiger partial charge in [-0.25, -0.2) is 4.79 Å². The quantitative estimate of drug-likeness (QED) is 0.0962. The highest BCUT2D eigenvalue weighted by atomic mass is 35.5. The van der Waals surface area contributed by atoms with Crippen LogP contribution in [-0.4, -0.2) is 62.5 Å². The number of aromatic nitrogens is 3. The molecular weight excluding hydrogens is 695 g/mol. The molecule has 0 unspecified atom stereocenters. The molecule has 0 bridgehead atoms. The van der Waals surface area contributed by atoms with E-state index in [1.807, 2.05) is 12.1 Å². The maximum Gasteiger partial charge on any atom is 0.422 e. The third-order valence-electron chi connectivity index (χ3n) is 7.69. The van der Waals surface area contributed by atoms with Crippen molar-refractivity contribution in [1.82, 2.24) is 25.6 Å². The number of carbonyl (C=O) groups is 4. The summed E-state index contributed by atoms with van der Waals surface area (Å²) in [6.07, 6.45) is -3.98. The summed E-state index contributed by atoms with van der Waals surface area (Å²) in [6, 6.07) is 19.5. The summed E-state index contributed by atoms with van der Waals surface area (Å²) in [4.78, 5) is 61.4. The number of carboxylic acids is 1. The minimum atomic E-state index is -4.64. The molecule has 1 aliphatic rings. The second-order valence-corrected chi connectivity index (χ2v) is 12.0. The van der Waals surface area contributed by atoms with Crippen molar-refractivity contribution < 1.29 is 42.2 Å². The van der Waals surface area contributed by atoms with E-state index >= 15 is 0 Å². The van der Waals surface area contributed by atoms with Crippen LogP contribution in [0.5, 0.6) is 6.01 Å². The second kappa shape index (κ2) is 15.8. The van der Waals surface area contributed by atoms with E-state index < -0.39 is 60.4 Å². The summed E-state index contributed by atoms with van der Waals surface area (Å²) in [7, 11) is 0. The largest absolute Gasteiger partial charge is 0.480 e. The van der Waals surface area contributed by atoms with Crippen LogP contribution in [0.15, 0.2) is 78.9 Å². The number of hydrogen-bond donors (Lipinski definition) is 5. The Hall–Kier alpha value is -5.77. The lowest BCUT2D eigenvalue weighted by atomic mass is 10.1. The summed E-state index contributed by atoms with van der Waals surface area (Å²) in [5.74, 6) is -4.06. The summed E-state index contributed by atoms with van der Waals surface area (Å²) in [6.45, 7) is -1.51. The molecule has 1 heterocycles. The van der Waals surface area contributed by atoms with E-state index in [0.29, 0.717) is 23.6 Å². The minimum absolute atomic E-state index is 0.0417. The first-order chi connectivity index (χ1) is 24.3. The van der Waals surface area contributed by atoms with Gasteiger partial charge in [-0.3, -0.25) is 14.4 Å². The van der Waals surface area contributed by atoms with Crippen molar-refractivity contribution in [3.63, 3.8) is 0 Å². The van der Waals surface area contributed by atoms with Crippen LogP contribution >= 0.6 is 11.6 Å². The van der Waals surface area contributed by atoms with E-state index in [1.54, 1.807) is 42.5 Å². The summed E-state index contributed by atoms with van der Waals surface area (Å²) >= 11 is 6.01. The van der Waals surface area contributed by atoms with Gasteiger partial charge in [0.05, 0.1) is 5.54 Å². The van der Waals surface area contributed by atoms with Crippen molar-refractivity contribution in [2.24, 2.45) is 0 Å². The minimum Gasteiger partial charge on any atom is -0.480 e. The second-order valence-electron chi connectivity index (χ2n) is 11.6. The number of Topliss-reactive ketones (excluding diaryl/α,β-unsaturated/α-hetero) is 1. The number of benzene rings is 3. The monoisotopic (exact) mass is 725 g/mol. The zero-order valence-corrected chi connectivity index (χ0v) is 27.4. The molecular formula is C34H31ClF3N7O6. The van der Waals surface area contributed by atoms with Crippen LogP contribution in [-0.2, 0) is 26.5 Å². The Balaban J connectivity index is 1.21. The predicted octanol–water partition coefficient (Wildman–Crippen LogP) is 5.16. The van der Waals surface area contributed by atoms with Crippen molar-refractivity contribution >= 4 is 52.8 Å². The normalized spacial score (nSPS) is 13.7. The Kier molecular flexibility index (Phi) is 11.3. The van der Waals surface area contributed by atoms with Crippen LogP contribution in [0.4, 0.5) is 30.8 Å². The SMILES string of the molecule is O=C(CC[C@H](NC(=O)c1ccc(Nc2nc(NC3(c4ccc(Cl)cc4)CC3)nc(OCC(F)(F)F)n2)cc1)C(=O)O)C(=O)NCc1ccccc1. The van der Waals surface area contributed by atoms with E-state index in [1.165, 1.54) is 24.3 Å². The molecule has 1 fully saturated rings. The number of aliphatic carboxylic acids is 1. The molecule has 5 N–H and O–H groups in total. The van der Waals surface area contributed by atoms with E-state index in [9.17, 15) is 37.5 Å². The number of alkyl halides is 3. The highest BCUT2D eigenvalue weighted by Crippen LogP contribution is 2.48. The number of ketones is 1. The molecule has 13 nitrogen and oxygen atoms in total. The molecule has 0 aliphatic heterocycles. The molecule has 17 heteroatoms. The summed E-state index contributed by atoms with van der Waals surface area (Å²) in [5.41, 5.74) is 1.49. The summed E-state index contributed by atoms with van der Waals surface area (Å²) < 4.78 is 43.5. The molecule has 3 aromatic carbocycles. The van der Waals surface area contributed by atoms with Gasteiger partial charge in [0.1, 0.15) is 6.04 Å². The lowest BCUT2D eigenvalue weighted by Gasteiger charge is -2.19. The number of carbonyl (C=O) groups excluding carboxylic acids is 3. The van der Waals surface area contributed by atoms with Crippen molar-refractivity contribution in [2.75, 3.05) is 17.2 Å². The number of rotatable bonds is 16. The zero-order valence-electron chi connectivity index (χ0n) is 26.7. The Labute approximate surface area is 294 Å². The fraction of sp³-hybridized carbons (Fsp3) is 0.265. The molecule has 51 heavy (non-hydrogen) atoms. The molecule has 5 rings (SSSR count). The third-order valence-corrected chi connectivity index (χ3v) is 7.95. The van der Waals surface area contributed by atoms with E-state index in [2.05, 4.69) is 36.2 Å². The standard InChI is InChI=1S/C34H31ClF3N7O6/c35-23-10-8-22(9-11-23)33(16-17-33)45-31-42-30(43-32(44-31)51-19-34(36,37)38)40-24-12-6-21(7-13-24)27(47)41-25(29(49)50)14-15-26(46)28(48)39-18-20-4-2-1-3-5-20/h1-13,25H,14-19H2,(H,39,48)(H,41,47)(H,49,50)(H2,40,42,43,44,45)/t25-/m0/s1. The smallest absolute Gasteiger partial charge is 0.422 e. The Bertz CT molecular complexity index is 1880. The predicted molar refractivity (Wildman–Crippen MR) is 179 cm³/mol. The van der Waals surface area contributed by atoms with Gasteiger partial charge in [0.25, 0.3) is 11.8 Å². The van der Waals surface area contributed by atoms with E-state index in [4.69, 9.17) is 16.3 Å². The lowest BCUT2D eigenvalue weighted by molar-refractivity contribution is -0.154. The van der Waals surface area contributed by atoms with Gasteiger partial charge >= 0.3 is 18.2 Å². The van der Waals surface area contributed by atoms with Crippen LogP contribution in [0.3, 0.4) is 0 Å². The van der Waals surface area contributed by atoms with Gasteiger partial charge in [0.15, 0.2) is 6.61 Å². The van der Waals surface area contributed by atoms with Crippen LogP contribution < -0.4 is 26.0 Å². The number of halogens is 4. The first-order valence-corrected chi connectivity index (χ1v) is 15.9. The maximum atomic E-state index is 12.9. The number of anilines is 3. The van der Waals surface area contributed by atoms with Crippen LogP contribution in [0, 0.1) is 0 Å². The third kappa shape index (κ3) is 10.6. The lowest BCUT2D eigenvalue weighted by Crippen LogP contribution is -2.41. The molecule has 4 aromatic rings. The van der Waals surface area contributed by atoms with Crippen LogP contribution in [0.2, 0.25) is 5.02 Å². The average Bonchev–Trinajstić information content (AvgIpc) is 3.88. The Morgan fingerprint density at radius 2 is 1.57 bits per heavy atom. The fourth-order valence-electron chi connectivity index (χ4n) is 4.87. The van der Waals surface area contributed by atoms with Gasteiger partial charge in [-0.2, -0.15) is 28.1 Å². The summed E-state index contributed by atoms with van der Waals surface area (Å²) in [5, 5.41) is 21.0. The number of nitrogens with zero attached hydrogens (tertiary/aromatic N) is 3. The number of hydrogen-bond acceptors (Lipinski definition) is 10. The zero-order chi connectivity index (χ0) is 36.6. The highest BCUT2D eigenvalue weighted by Gasteiger charge is 2.45. The van der Waals surface area contributed by atoms with Gasteiger partial charge in [0, 0.05) is 29.2 Å². The number of carboxylic acid groups (broad SMARTS) is 1. The van der Waals surface area contributed by atoms with Crippen LogP contribution in [0.25, 0.3) is 0 Å². The number of amides is 2. The van der Waals surface area contributed by atoms with Gasteiger partial charge in [0.2, 0.25) is 17.7 Å². The number of ether oxygens (including phenoxy) is 1. The molecule has 0 saturated heterocycles. The molecule has 2 amide bonds. The Morgan fingerprint density at radius 3 is 2.20 bits per heavy atom. The molecule has 0 radical (unpaired) electrons. The maximum absolute atomic E-state index is 12.9. The van der Waals surface area contributed by atoms with Crippen molar-refractivity contribution in [1.29, 1.82) is 0 Å².